The van der Waals surface area contributed by atoms with Crippen LogP contribution in [0, 0.1) is 12.7 Å². The molecule has 0 unspecified atom stereocenters. The minimum Gasteiger partial charge on any atom is -0.494 e. The van der Waals surface area contributed by atoms with Crippen LogP contribution < -0.4 is 15.4 Å². The van der Waals surface area contributed by atoms with Gasteiger partial charge in [-0.25, -0.2) is 17.8 Å². The van der Waals surface area contributed by atoms with Gasteiger partial charge in [-0.1, -0.05) is 24.3 Å². The molecule has 2 N–H and O–H groups in total. The molecule has 8 heteroatoms. The highest BCUT2D eigenvalue weighted by molar-refractivity contribution is 7.91. The van der Waals surface area contributed by atoms with Crippen molar-refractivity contribution in [2.45, 2.75) is 32.2 Å². The van der Waals surface area contributed by atoms with Crippen molar-refractivity contribution in [3.63, 3.8) is 0 Å². The summed E-state index contributed by atoms with van der Waals surface area (Å²) >= 11 is 0. The number of guanidine groups is 1. The number of hydrogen-bond acceptors (Lipinski definition) is 4. The van der Waals surface area contributed by atoms with E-state index in [0.29, 0.717) is 25.7 Å². The lowest BCUT2D eigenvalue weighted by Crippen LogP contribution is -2.39. The summed E-state index contributed by atoms with van der Waals surface area (Å²) in [6.45, 7) is 7.52. The van der Waals surface area contributed by atoms with Crippen LogP contribution in [-0.4, -0.2) is 39.8 Å². The Bertz CT molecular complexity index is 946. The molecule has 0 heterocycles. The summed E-state index contributed by atoms with van der Waals surface area (Å²) < 4.78 is 44.2. The molecule has 29 heavy (non-hydrogen) atoms. The smallest absolute Gasteiger partial charge is 0.191 e. The molecule has 0 radical (unpaired) electrons. The molecular formula is C21H28FN3O3S. The number of nitrogens with zero attached hydrogens (tertiary/aromatic N) is 1. The van der Waals surface area contributed by atoms with Gasteiger partial charge in [0.25, 0.3) is 0 Å². The van der Waals surface area contributed by atoms with Crippen LogP contribution in [-0.2, 0) is 16.4 Å². The molecule has 0 fully saturated rings. The van der Waals surface area contributed by atoms with Crippen molar-refractivity contribution < 1.29 is 17.5 Å². The van der Waals surface area contributed by atoms with Crippen LogP contribution in [0.5, 0.6) is 5.75 Å². The molecule has 0 aliphatic carbocycles. The van der Waals surface area contributed by atoms with Crippen LogP contribution in [0.1, 0.15) is 25.0 Å². The van der Waals surface area contributed by atoms with Crippen molar-refractivity contribution in [3.8, 4) is 5.75 Å². The summed E-state index contributed by atoms with van der Waals surface area (Å²) in [6, 6.07) is 11.3. The molecule has 2 aromatic carbocycles. The zero-order valence-corrected chi connectivity index (χ0v) is 17.9. The van der Waals surface area contributed by atoms with Gasteiger partial charge < -0.3 is 15.4 Å². The second-order valence-electron chi connectivity index (χ2n) is 6.42. The Kier molecular flexibility index (Phi) is 8.45. The molecule has 0 spiro atoms. The Hall–Kier alpha value is -2.61. The van der Waals surface area contributed by atoms with Crippen LogP contribution in [0.3, 0.4) is 0 Å². The lowest BCUT2D eigenvalue weighted by Gasteiger charge is -2.13. The first kappa shape index (κ1) is 22.7. The summed E-state index contributed by atoms with van der Waals surface area (Å²) in [5, 5.41) is 6.08. The molecule has 0 bridgehead atoms. The maximum absolute atomic E-state index is 13.8. The van der Waals surface area contributed by atoms with Crippen molar-refractivity contribution in [1.82, 2.24) is 10.6 Å². The SMILES string of the molecule is CCNC(=NCc1ccc(C)cc1OCC)NCCS(=O)(=O)c1ccccc1F. The third-order valence-corrected chi connectivity index (χ3v) is 5.85. The number of halogens is 1. The molecule has 6 nitrogen and oxygen atoms in total. The van der Waals surface area contributed by atoms with Crippen LogP contribution >= 0.6 is 0 Å². The highest BCUT2D eigenvalue weighted by Gasteiger charge is 2.18. The molecular weight excluding hydrogens is 393 g/mol. The predicted molar refractivity (Wildman–Crippen MR) is 114 cm³/mol. The molecule has 0 aliphatic rings. The normalized spacial score (nSPS) is 11.9. The molecule has 0 saturated carbocycles. The number of aryl methyl sites for hydroxylation is 1. The average Bonchev–Trinajstić information content (AvgIpc) is 2.67. The third-order valence-electron chi connectivity index (χ3n) is 4.11. The van der Waals surface area contributed by atoms with Gasteiger partial charge in [0.05, 0.1) is 18.9 Å². The number of rotatable bonds is 9. The number of aliphatic imine (C=N–C) groups is 1. The second-order valence-corrected chi connectivity index (χ2v) is 8.49. The van der Waals surface area contributed by atoms with E-state index in [9.17, 15) is 12.8 Å². The fraction of sp³-hybridized carbons (Fsp3) is 0.381. The molecule has 2 aromatic rings. The fourth-order valence-corrected chi connectivity index (χ4v) is 3.94. The van der Waals surface area contributed by atoms with Gasteiger partial charge in [0.15, 0.2) is 15.8 Å². The Morgan fingerprint density at radius 2 is 1.90 bits per heavy atom. The molecule has 0 amide bonds. The Morgan fingerprint density at radius 1 is 1.14 bits per heavy atom. The minimum atomic E-state index is -3.73. The lowest BCUT2D eigenvalue weighted by molar-refractivity contribution is 0.336. The monoisotopic (exact) mass is 421 g/mol. The Balaban J connectivity index is 2.04. The van der Waals surface area contributed by atoms with Crippen molar-refractivity contribution in [2.75, 3.05) is 25.4 Å². The first-order valence-electron chi connectivity index (χ1n) is 9.59. The third kappa shape index (κ3) is 6.74. The highest BCUT2D eigenvalue weighted by atomic mass is 32.2. The van der Waals surface area contributed by atoms with Gasteiger partial charge >= 0.3 is 0 Å². The van der Waals surface area contributed by atoms with Crippen molar-refractivity contribution >= 4 is 15.8 Å². The average molecular weight is 422 g/mol. The zero-order valence-electron chi connectivity index (χ0n) is 17.0. The van der Waals surface area contributed by atoms with Gasteiger partial charge in [-0.05, 0) is 44.5 Å². The van der Waals surface area contributed by atoms with E-state index in [4.69, 9.17) is 4.74 Å². The van der Waals surface area contributed by atoms with E-state index in [2.05, 4.69) is 15.6 Å². The highest BCUT2D eigenvalue weighted by Crippen LogP contribution is 2.21. The largest absolute Gasteiger partial charge is 0.494 e. The first-order chi connectivity index (χ1) is 13.9. The molecule has 2 rings (SSSR count). The van der Waals surface area contributed by atoms with Gasteiger partial charge in [-0.15, -0.1) is 0 Å². The first-order valence-corrected chi connectivity index (χ1v) is 11.2. The summed E-state index contributed by atoms with van der Waals surface area (Å²) in [6.07, 6.45) is 0. The molecule has 0 saturated heterocycles. The summed E-state index contributed by atoms with van der Waals surface area (Å²) in [5.41, 5.74) is 2.04. The van der Waals surface area contributed by atoms with E-state index in [0.717, 1.165) is 22.9 Å². The van der Waals surface area contributed by atoms with E-state index < -0.39 is 15.7 Å². The van der Waals surface area contributed by atoms with Crippen molar-refractivity contribution in [1.29, 1.82) is 0 Å². The minimum absolute atomic E-state index is 0.106. The van der Waals surface area contributed by atoms with E-state index in [1.807, 2.05) is 39.0 Å². The summed E-state index contributed by atoms with van der Waals surface area (Å²) in [4.78, 5) is 4.22. The van der Waals surface area contributed by atoms with Gasteiger partial charge in [-0.2, -0.15) is 0 Å². The van der Waals surface area contributed by atoms with Gasteiger partial charge in [0.2, 0.25) is 0 Å². The molecule has 0 aromatic heterocycles. The molecule has 158 valence electrons. The van der Waals surface area contributed by atoms with Gasteiger partial charge in [0.1, 0.15) is 16.5 Å². The zero-order chi connectivity index (χ0) is 21.3. The summed E-state index contributed by atoms with van der Waals surface area (Å²) in [7, 11) is -3.73. The Morgan fingerprint density at radius 3 is 2.59 bits per heavy atom. The predicted octanol–water partition coefficient (Wildman–Crippen LogP) is 3.06. The molecule has 0 atom stereocenters. The van der Waals surface area contributed by atoms with Crippen molar-refractivity contribution in [2.24, 2.45) is 4.99 Å². The number of benzene rings is 2. The van der Waals surface area contributed by atoms with E-state index in [1.54, 1.807) is 0 Å². The number of hydrogen-bond donors (Lipinski definition) is 2. The van der Waals surface area contributed by atoms with E-state index in [1.165, 1.54) is 18.2 Å². The standard InChI is InChI=1S/C21H28FN3O3S/c1-4-23-21(25-15-17-11-10-16(3)14-19(17)28-5-2)24-12-13-29(26,27)20-9-7-6-8-18(20)22/h6-11,14H,4-5,12-13,15H2,1-3H3,(H2,23,24,25). The lowest BCUT2D eigenvalue weighted by atomic mass is 10.1. The fourth-order valence-electron chi connectivity index (χ4n) is 2.70. The number of ether oxygens (including phenoxy) is 1. The summed E-state index contributed by atoms with van der Waals surface area (Å²) in [5.74, 6) is 0.289. The maximum atomic E-state index is 13.8. The number of nitrogens with one attached hydrogen (secondary N) is 2. The van der Waals surface area contributed by atoms with Gasteiger partial charge in [0, 0.05) is 18.7 Å². The van der Waals surface area contributed by atoms with Crippen LogP contribution in [0.4, 0.5) is 4.39 Å². The van der Waals surface area contributed by atoms with Crippen LogP contribution in [0.2, 0.25) is 0 Å². The van der Waals surface area contributed by atoms with E-state index in [-0.39, 0.29) is 17.2 Å². The van der Waals surface area contributed by atoms with Crippen LogP contribution in [0.15, 0.2) is 52.4 Å². The molecule has 0 aliphatic heterocycles. The van der Waals surface area contributed by atoms with Crippen molar-refractivity contribution in [3.05, 3.63) is 59.4 Å². The maximum Gasteiger partial charge on any atom is 0.191 e. The second kappa shape index (κ2) is 10.8. The van der Waals surface area contributed by atoms with E-state index >= 15 is 0 Å². The topological polar surface area (TPSA) is 79.8 Å². The quantitative estimate of drug-likeness (QED) is 0.481. The van der Waals surface area contributed by atoms with Gasteiger partial charge in [-0.3, -0.25) is 0 Å². The number of sulfone groups is 1. The van der Waals surface area contributed by atoms with Crippen LogP contribution in [0.25, 0.3) is 0 Å². The Labute approximate surface area is 172 Å².